The van der Waals surface area contributed by atoms with E-state index >= 15 is 0 Å². The van der Waals surface area contributed by atoms with Crippen molar-refractivity contribution in [3.05, 3.63) is 156 Å². The standard InChI is InChI=1S/C34H50N2O4.C15H23NO2.C10H15NO/c1-23(2)29(33(39)35(7)25(5)31(37)27-17-11-9-12-18-27)21-15-16-22-30(24(3)4)34(40)36(8)26(6)32(38)28-19-13-10-14-20-28;1-11(2)10-14(17)16(4)12(3)15(18)13-8-6-5-7-9-13;1-8(11-2)10(12)9-6-4-3-5-7-9/h9-20,23-26,29-32,37-38H,21-22H2,1-8H3;5-9,11-12,15,18H,10H2,1-4H3;3-8,10-12H,1-2H3/b16-15+;;/t25-,26?,29-,30-,31+,32+;12?,15-;8?,10-/m011/s1. The van der Waals surface area contributed by atoms with Crippen molar-refractivity contribution in [1.82, 2.24) is 20.0 Å². The van der Waals surface area contributed by atoms with Crippen molar-refractivity contribution in [2.45, 2.75) is 137 Å². The van der Waals surface area contributed by atoms with Crippen molar-refractivity contribution in [3.8, 4) is 0 Å². The highest BCUT2D eigenvalue weighted by atomic mass is 16.3. The highest BCUT2D eigenvalue weighted by Crippen LogP contribution is 2.28. The first kappa shape index (κ1) is 61.0. The number of hydrogen-bond acceptors (Lipinski definition) is 8. The number of carbonyl (C=O) groups is 3. The number of nitrogens with one attached hydrogen (secondary N) is 1. The molecule has 10 atom stereocenters. The van der Waals surface area contributed by atoms with Crippen LogP contribution in [0.3, 0.4) is 0 Å². The number of hydrogen-bond donors (Lipinski definition) is 5. The van der Waals surface area contributed by atoms with Gasteiger partial charge in [-0.15, -0.1) is 0 Å². The Hall–Kier alpha value is -5.17. The van der Waals surface area contributed by atoms with Crippen molar-refractivity contribution in [3.63, 3.8) is 0 Å². The molecule has 0 aromatic heterocycles. The SMILES string of the molecule is CC(C)CC(=O)N(C)C(C)[C@@H](O)c1ccccc1.CC(C)[C@H](C/C=C/C[C@H](C(=O)N(C)[C@@H](C)[C@@H](O)c1ccccc1)C(C)C)C(=O)N(C)C(C)[C@@H](O)c1ccccc1.CNC(C)[C@@H](O)c1ccccc1. The summed E-state index contributed by atoms with van der Waals surface area (Å²) in [5.74, 6) is 0.189. The fourth-order valence-electron chi connectivity index (χ4n) is 7.97. The highest BCUT2D eigenvalue weighted by Gasteiger charge is 2.32. The third-order valence-corrected chi connectivity index (χ3v) is 13.6. The monoisotopic (exact) mass is 965 g/mol. The molecule has 0 saturated heterocycles. The molecule has 3 amide bonds. The van der Waals surface area contributed by atoms with Crippen LogP contribution in [0.4, 0.5) is 0 Å². The number of rotatable bonds is 22. The zero-order valence-corrected chi connectivity index (χ0v) is 44.7. The Balaban J connectivity index is 0.000000454. The molecule has 4 aromatic rings. The number of likely N-dealkylation sites (N-methyl/N-ethyl adjacent to an activating group) is 4. The van der Waals surface area contributed by atoms with Gasteiger partial charge in [0.2, 0.25) is 17.7 Å². The van der Waals surface area contributed by atoms with E-state index in [2.05, 4.69) is 5.32 Å². The van der Waals surface area contributed by atoms with Crippen LogP contribution in [0.2, 0.25) is 0 Å². The second kappa shape index (κ2) is 31.2. The largest absolute Gasteiger partial charge is 0.387 e. The predicted octanol–water partition coefficient (Wildman–Crippen LogP) is 9.97. The second-order valence-corrected chi connectivity index (χ2v) is 19.9. The van der Waals surface area contributed by atoms with Gasteiger partial charge in [-0.25, -0.2) is 0 Å². The molecule has 11 heteroatoms. The van der Waals surface area contributed by atoms with Crippen LogP contribution >= 0.6 is 0 Å². The molecule has 0 aliphatic carbocycles. The summed E-state index contributed by atoms with van der Waals surface area (Å²) in [4.78, 5) is 43.8. The van der Waals surface area contributed by atoms with E-state index in [1.54, 1.807) is 35.8 Å². The van der Waals surface area contributed by atoms with Gasteiger partial charge in [0.25, 0.3) is 0 Å². The van der Waals surface area contributed by atoms with Crippen LogP contribution in [0.15, 0.2) is 133 Å². The minimum Gasteiger partial charge on any atom is -0.387 e. The van der Waals surface area contributed by atoms with Gasteiger partial charge in [-0.1, -0.05) is 175 Å². The fourth-order valence-corrected chi connectivity index (χ4v) is 7.97. The summed E-state index contributed by atoms with van der Waals surface area (Å²) < 4.78 is 0. The van der Waals surface area contributed by atoms with Crippen molar-refractivity contribution in [2.75, 3.05) is 28.2 Å². The van der Waals surface area contributed by atoms with Gasteiger partial charge in [0.1, 0.15) is 0 Å². The Morgan fingerprint density at radius 1 is 0.457 bits per heavy atom. The molecule has 0 aliphatic rings. The Morgan fingerprint density at radius 2 is 0.729 bits per heavy atom. The van der Waals surface area contributed by atoms with Gasteiger partial charge in [-0.05, 0) is 87.6 Å². The molecule has 3 unspecified atom stereocenters. The quantitative estimate of drug-likeness (QED) is 0.0488. The zero-order chi connectivity index (χ0) is 52.7. The first-order valence-electron chi connectivity index (χ1n) is 25.1. The lowest BCUT2D eigenvalue weighted by atomic mass is 9.88. The van der Waals surface area contributed by atoms with Gasteiger partial charge >= 0.3 is 0 Å². The van der Waals surface area contributed by atoms with Crippen molar-refractivity contribution >= 4 is 17.7 Å². The van der Waals surface area contributed by atoms with Crippen LogP contribution in [-0.4, -0.2) is 105 Å². The number of aliphatic hydroxyl groups is 4. The Morgan fingerprint density at radius 3 is 0.986 bits per heavy atom. The lowest BCUT2D eigenvalue weighted by molar-refractivity contribution is -0.140. The molecule has 0 radical (unpaired) electrons. The fraction of sp³-hybridized carbons (Fsp3) is 0.508. The lowest BCUT2D eigenvalue weighted by Gasteiger charge is -2.33. The van der Waals surface area contributed by atoms with Gasteiger partial charge in [0, 0.05) is 45.4 Å². The minimum absolute atomic E-state index is 0.00192. The third-order valence-electron chi connectivity index (χ3n) is 13.6. The van der Waals surface area contributed by atoms with Crippen LogP contribution in [0.1, 0.15) is 135 Å². The van der Waals surface area contributed by atoms with Crippen molar-refractivity contribution < 1.29 is 34.8 Å². The van der Waals surface area contributed by atoms with Crippen LogP contribution in [-0.2, 0) is 14.4 Å². The van der Waals surface area contributed by atoms with Gasteiger partial charge in [-0.3, -0.25) is 14.4 Å². The highest BCUT2D eigenvalue weighted by molar-refractivity contribution is 5.80. The molecule has 11 nitrogen and oxygen atoms in total. The van der Waals surface area contributed by atoms with Crippen molar-refractivity contribution in [1.29, 1.82) is 0 Å². The third kappa shape index (κ3) is 19.2. The summed E-state index contributed by atoms with van der Waals surface area (Å²) in [6.07, 6.45) is 3.07. The summed E-state index contributed by atoms with van der Waals surface area (Å²) in [6.45, 7) is 19.8. The maximum atomic E-state index is 13.4. The van der Waals surface area contributed by atoms with Crippen LogP contribution in [0.5, 0.6) is 0 Å². The summed E-state index contributed by atoms with van der Waals surface area (Å²) >= 11 is 0. The second-order valence-electron chi connectivity index (χ2n) is 19.9. The molecule has 5 N–H and O–H groups in total. The molecule has 0 fully saturated rings. The first-order chi connectivity index (χ1) is 33.1. The zero-order valence-electron chi connectivity index (χ0n) is 44.7. The van der Waals surface area contributed by atoms with E-state index in [1.165, 1.54) is 0 Å². The molecule has 4 rings (SSSR count). The molecule has 0 bridgehead atoms. The van der Waals surface area contributed by atoms with E-state index in [0.717, 1.165) is 22.3 Å². The lowest BCUT2D eigenvalue weighted by Crippen LogP contribution is -2.43. The van der Waals surface area contributed by atoms with Gasteiger partial charge in [0.05, 0.1) is 42.5 Å². The normalized spacial score (nSPS) is 15.7. The molecule has 0 aliphatic heterocycles. The average molecular weight is 965 g/mol. The Kier molecular flexibility index (Phi) is 27.2. The topological polar surface area (TPSA) is 154 Å². The summed E-state index contributed by atoms with van der Waals surface area (Å²) in [6, 6.07) is 37.1. The number of carbonyl (C=O) groups excluding carboxylic acids is 3. The summed E-state index contributed by atoms with van der Waals surface area (Å²) in [5, 5.41) is 44.7. The average Bonchev–Trinajstić information content (AvgIpc) is 3.37. The maximum absolute atomic E-state index is 13.4. The van der Waals surface area contributed by atoms with E-state index in [0.29, 0.717) is 25.2 Å². The van der Waals surface area contributed by atoms with E-state index in [4.69, 9.17) is 0 Å². The van der Waals surface area contributed by atoms with E-state index in [-0.39, 0.29) is 65.6 Å². The number of allylic oxidation sites excluding steroid dienone is 2. The van der Waals surface area contributed by atoms with Crippen molar-refractivity contribution in [2.24, 2.45) is 29.6 Å². The van der Waals surface area contributed by atoms with E-state index in [9.17, 15) is 34.8 Å². The number of amides is 3. The van der Waals surface area contributed by atoms with Crippen LogP contribution in [0.25, 0.3) is 0 Å². The van der Waals surface area contributed by atoms with Crippen LogP contribution in [0, 0.1) is 29.6 Å². The number of aliphatic hydroxyl groups excluding tert-OH is 4. The predicted molar refractivity (Wildman–Crippen MR) is 285 cm³/mol. The Bertz CT molecular complexity index is 2000. The molecule has 0 saturated carbocycles. The van der Waals surface area contributed by atoms with Gasteiger partial charge < -0.3 is 40.4 Å². The molecule has 4 aromatic carbocycles. The molecular weight excluding hydrogens is 877 g/mol. The number of benzene rings is 4. The summed E-state index contributed by atoms with van der Waals surface area (Å²) in [5.41, 5.74) is 3.37. The maximum Gasteiger partial charge on any atom is 0.226 e. The summed E-state index contributed by atoms with van der Waals surface area (Å²) in [7, 11) is 7.11. The molecule has 0 heterocycles. The smallest absolute Gasteiger partial charge is 0.226 e. The van der Waals surface area contributed by atoms with E-state index in [1.807, 2.05) is 210 Å². The molecular formula is C59H88N4O7. The Labute approximate surface area is 421 Å². The van der Waals surface area contributed by atoms with E-state index < -0.39 is 24.4 Å². The minimum atomic E-state index is -0.767. The molecule has 0 spiro atoms. The van der Waals surface area contributed by atoms with Crippen LogP contribution < -0.4 is 5.32 Å². The van der Waals surface area contributed by atoms with Gasteiger partial charge in [-0.2, -0.15) is 0 Å². The molecule has 386 valence electrons. The first-order valence-corrected chi connectivity index (χ1v) is 25.1. The molecule has 70 heavy (non-hydrogen) atoms. The van der Waals surface area contributed by atoms with Gasteiger partial charge in [0.15, 0.2) is 0 Å². The number of nitrogens with zero attached hydrogens (tertiary/aromatic N) is 3.